The number of hydrogen-bond acceptors (Lipinski definition) is 5. The molecule has 0 aromatic heterocycles. The van der Waals surface area contributed by atoms with Crippen LogP contribution in [0.25, 0.3) is 0 Å². The fraction of sp³-hybridized carbons (Fsp3) is 0.520. The molecule has 0 amide bonds. The van der Waals surface area contributed by atoms with Crippen LogP contribution < -0.4 is 0 Å². The minimum atomic E-state index is -0.645. The zero-order valence-corrected chi connectivity index (χ0v) is 17.8. The van der Waals surface area contributed by atoms with Gasteiger partial charge in [-0.15, -0.1) is 0 Å². The van der Waals surface area contributed by atoms with Crippen LogP contribution in [0.15, 0.2) is 60.7 Å². The maximum absolute atomic E-state index is 6.46. The van der Waals surface area contributed by atoms with E-state index in [0.717, 1.165) is 25.1 Å². The highest BCUT2D eigenvalue weighted by Gasteiger charge is 2.58. The number of nitrogens with zero attached hydrogens (tertiary/aromatic N) is 1. The Labute approximate surface area is 178 Å². The lowest BCUT2D eigenvalue weighted by Gasteiger charge is -2.34. The number of benzene rings is 2. The number of ether oxygens (including phenoxy) is 4. The highest BCUT2D eigenvalue weighted by atomic mass is 16.8. The minimum Gasteiger partial charge on any atom is -0.368 e. The van der Waals surface area contributed by atoms with E-state index in [-0.39, 0.29) is 24.6 Å². The predicted molar refractivity (Wildman–Crippen MR) is 114 cm³/mol. The van der Waals surface area contributed by atoms with E-state index in [0.29, 0.717) is 12.6 Å². The van der Waals surface area contributed by atoms with Crippen molar-refractivity contribution < 1.29 is 18.9 Å². The van der Waals surface area contributed by atoms with Crippen molar-refractivity contribution in [2.45, 2.75) is 76.3 Å². The second kappa shape index (κ2) is 8.40. The van der Waals surface area contributed by atoms with Gasteiger partial charge >= 0.3 is 0 Å². The standard InChI is InChI=1S/C25H31NO4/c1-25(2)29-23-22(27-17-19-12-7-4-8-13-19)21(28-24(23)30-25)20-14-9-15-26(20)16-18-10-5-3-6-11-18/h3-8,10-13,20-24H,9,14-17H2,1-2H3/t20-,21+,22-,23+,24+/m0/s1. The Bertz CT molecular complexity index is 828. The first kappa shape index (κ1) is 20.2. The smallest absolute Gasteiger partial charge is 0.190 e. The lowest BCUT2D eigenvalue weighted by molar-refractivity contribution is -0.225. The molecule has 5 heteroatoms. The average molecular weight is 410 g/mol. The zero-order chi connectivity index (χ0) is 20.6. The molecule has 0 unspecified atom stereocenters. The van der Waals surface area contributed by atoms with Gasteiger partial charge in [0.25, 0.3) is 0 Å². The third-order valence-electron chi connectivity index (χ3n) is 6.33. The van der Waals surface area contributed by atoms with Gasteiger partial charge in [0.15, 0.2) is 12.1 Å². The van der Waals surface area contributed by atoms with Gasteiger partial charge in [-0.05, 0) is 44.4 Å². The van der Waals surface area contributed by atoms with Gasteiger partial charge in [0, 0.05) is 12.6 Å². The number of fused-ring (bicyclic) bond motifs is 1. The van der Waals surface area contributed by atoms with Gasteiger partial charge in [-0.25, -0.2) is 0 Å². The molecule has 3 saturated heterocycles. The Morgan fingerprint density at radius 2 is 1.63 bits per heavy atom. The van der Waals surface area contributed by atoms with Crippen LogP contribution in [0, 0.1) is 0 Å². The largest absolute Gasteiger partial charge is 0.368 e. The van der Waals surface area contributed by atoms with Crippen molar-refractivity contribution in [1.82, 2.24) is 4.90 Å². The summed E-state index contributed by atoms with van der Waals surface area (Å²) in [6, 6.07) is 21.3. The maximum Gasteiger partial charge on any atom is 0.190 e. The summed E-state index contributed by atoms with van der Waals surface area (Å²) in [5, 5.41) is 0. The van der Waals surface area contributed by atoms with Crippen molar-refractivity contribution in [2.75, 3.05) is 6.54 Å². The summed E-state index contributed by atoms with van der Waals surface area (Å²) >= 11 is 0. The van der Waals surface area contributed by atoms with Crippen LogP contribution in [-0.4, -0.2) is 47.9 Å². The van der Waals surface area contributed by atoms with Gasteiger partial charge in [-0.3, -0.25) is 4.90 Å². The van der Waals surface area contributed by atoms with Crippen LogP contribution >= 0.6 is 0 Å². The molecule has 0 bridgehead atoms. The normalized spacial score (nSPS) is 33.1. The van der Waals surface area contributed by atoms with Crippen molar-refractivity contribution in [2.24, 2.45) is 0 Å². The molecule has 0 saturated carbocycles. The van der Waals surface area contributed by atoms with Crippen LogP contribution in [0.3, 0.4) is 0 Å². The first-order valence-electron chi connectivity index (χ1n) is 11.0. The van der Waals surface area contributed by atoms with Crippen LogP contribution in [0.5, 0.6) is 0 Å². The van der Waals surface area contributed by atoms with Crippen LogP contribution in [0.2, 0.25) is 0 Å². The molecule has 0 radical (unpaired) electrons. The molecule has 5 atom stereocenters. The first-order chi connectivity index (χ1) is 14.6. The van der Waals surface area contributed by atoms with E-state index in [1.807, 2.05) is 32.0 Å². The van der Waals surface area contributed by atoms with Crippen molar-refractivity contribution >= 4 is 0 Å². The summed E-state index contributed by atoms with van der Waals surface area (Å²) in [5.74, 6) is -0.645. The molecule has 0 spiro atoms. The molecule has 3 aliphatic heterocycles. The SMILES string of the molecule is CC1(C)O[C@H]2O[C@H]([C@@H]3CCCN3Cc3ccccc3)[C@H](OCc3ccccc3)[C@H]2O1. The summed E-state index contributed by atoms with van der Waals surface area (Å²) in [4.78, 5) is 2.53. The molecule has 2 aromatic carbocycles. The van der Waals surface area contributed by atoms with Crippen LogP contribution in [0.1, 0.15) is 37.8 Å². The Balaban J connectivity index is 1.34. The third-order valence-corrected chi connectivity index (χ3v) is 6.33. The summed E-state index contributed by atoms with van der Waals surface area (Å²) in [6.45, 7) is 6.43. The highest BCUT2D eigenvalue weighted by Crippen LogP contribution is 2.42. The van der Waals surface area contributed by atoms with E-state index >= 15 is 0 Å². The maximum atomic E-state index is 6.46. The number of likely N-dealkylation sites (tertiary alicyclic amines) is 1. The molecule has 5 rings (SSSR count). The molecule has 3 fully saturated rings. The quantitative estimate of drug-likeness (QED) is 0.718. The fourth-order valence-electron chi connectivity index (χ4n) is 5.01. The lowest BCUT2D eigenvalue weighted by Crippen LogP contribution is -2.47. The second-order valence-electron chi connectivity index (χ2n) is 9.00. The highest BCUT2D eigenvalue weighted by molar-refractivity contribution is 5.16. The molecule has 3 aliphatic rings. The molecule has 2 aromatic rings. The van der Waals surface area contributed by atoms with Gasteiger partial charge in [0.2, 0.25) is 0 Å². The van der Waals surface area contributed by atoms with Gasteiger partial charge < -0.3 is 18.9 Å². The summed E-state index contributed by atoms with van der Waals surface area (Å²) in [7, 11) is 0. The van der Waals surface area contributed by atoms with E-state index < -0.39 is 5.79 Å². The van der Waals surface area contributed by atoms with Gasteiger partial charge in [0.05, 0.1) is 6.61 Å². The summed E-state index contributed by atoms with van der Waals surface area (Å²) in [6.07, 6.45) is 1.49. The molecular formula is C25H31NO4. The predicted octanol–water partition coefficient (Wildman–Crippen LogP) is 4.11. The summed E-state index contributed by atoms with van der Waals surface area (Å²) < 4.78 is 25.2. The molecule has 30 heavy (non-hydrogen) atoms. The van der Waals surface area contributed by atoms with Gasteiger partial charge in [-0.1, -0.05) is 60.7 Å². The van der Waals surface area contributed by atoms with Crippen molar-refractivity contribution in [1.29, 1.82) is 0 Å². The lowest BCUT2D eigenvalue weighted by atomic mass is 10.0. The van der Waals surface area contributed by atoms with Gasteiger partial charge in [0.1, 0.15) is 18.3 Å². The number of rotatable bonds is 6. The van der Waals surface area contributed by atoms with E-state index in [1.165, 1.54) is 12.0 Å². The van der Waals surface area contributed by atoms with Crippen molar-refractivity contribution in [3.05, 3.63) is 71.8 Å². The Hall–Kier alpha value is -1.76. The van der Waals surface area contributed by atoms with Crippen molar-refractivity contribution in [3.63, 3.8) is 0 Å². The van der Waals surface area contributed by atoms with Crippen molar-refractivity contribution in [3.8, 4) is 0 Å². The van der Waals surface area contributed by atoms with E-state index in [9.17, 15) is 0 Å². The average Bonchev–Trinajstić information content (AvgIpc) is 3.40. The number of hydrogen-bond donors (Lipinski definition) is 0. The summed E-state index contributed by atoms with van der Waals surface area (Å²) in [5.41, 5.74) is 2.49. The zero-order valence-electron chi connectivity index (χ0n) is 17.8. The monoisotopic (exact) mass is 409 g/mol. The minimum absolute atomic E-state index is 0.0639. The van der Waals surface area contributed by atoms with E-state index in [2.05, 4.69) is 47.4 Å². The topological polar surface area (TPSA) is 40.2 Å². The Morgan fingerprint density at radius 3 is 2.37 bits per heavy atom. The molecule has 160 valence electrons. The third kappa shape index (κ3) is 4.18. The van der Waals surface area contributed by atoms with E-state index in [1.54, 1.807) is 0 Å². The van der Waals surface area contributed by atoms with E-state index in [4.69, 9.17) is 18.9 Å². The molecule has 0 N–H and O–H groups in total. The van der Waals surface area contributed by atoms with Crippen LogP contribution in [0.4, 0.5) is 0 Å². The van der Waals surface area contributed by atoms with Crippen LogP contribution in [-0.2, 0) is 32.1 Å². The fourth-order valence-corrected chi connectivity index (χ4v) is 5.01. The molecule has 3 heterocycles. The van der Waals surface area contributed by atoms with Gasteiger partial charge in [-0.2, -0.15) is 0 Å². The second-order valence-corrected chi connectivity index (χ2v) is 9.00. The molecule has 0 aliphatic carbocycles. The Kier molecular flexibility index (Phi) is 5.65. The Morgan fingerprint density at radius 1 is 0.933 bits per heavy atom. The molecular weight excluding hydrogens is 378 g/mol. The molecule has 5 nitrogen and oxygen atoms in total. The first-order valence-corrected chi connectivity index (χ1v) is 11.0.